The van der Waals surface area contributed by atoms with Crippen LogP contribution in [0.3, 0.4) is 0 Å². The normalized spacial score (nSPS) is 24.2. The number of hydrogen-bond donors (Lipinski definition) is 0. The number of rotatable bonds is 1. The van der Waals surface area contributed by atoms with Gasteiger partial charge < -0.3 is 4.74 Å². The molecule has 0 unspecified atom stereocenters. The van der Waals surface area contributed by atoms with Crippen molar-refractivity contribution < 1.29 is 22.1 Å². The van der Waals surface area contributed by atoms with Gasteiger partial charge >= 0.3 is 16.4 Å². The summed E-state index contributed by atoms with van der Waals surface area (Å²) in [6.07, 6.45) is 0.379. The van der Waals surface area contributed by atoms with Gasteiger partial charge in [0, 0.05) is 0 Å². The molecule has 1 atom stereocenters. The van der Waals surface area contributed by atoms with Crippen molar-refractivity contribution >= 4 is 16.4 Å². The molecule has 16 heavy (non-hydrogen) atoms. The van der Waals surface area contributed by atoms with Crippen LogP contribution in [0.2, 0.25) is 0 Å². The molecule has 0 spiro atoms. The van der Waals surface area contributed by atoms with Crippen molar-refractivity contribution in [1.82, 2.24) is 4.31 Å². The topological polar surface area (TPSA) is 72.9 Å². The van der Waals surface area contributed by atoms with Gasteiger partial charge in [-0.15, -0.1) is 6.58 Å². The van der Waals surface area contributed by atoms with E-state index in [2.05, 4.69) is 10.8 Å². The maximum Gasteiger partial charge on any atom is 0.426 e. The molecule has 7 heteroatoms. The van der Waals surface area contributed by atoms with Crippen LogP contribution in [0.5, 0.6) is 0 Å². The van der Waals surface area contributed by atoms with E-state index in [9.17, 15) is 13.2 Å². The summed E-state index contributed by atoms with van der Waals surface area (Å²) in [6, 6.07) is -0.708. The van der Waals surface area contributed by atoms with Crippen molar-refractivity contribution in [3.8, 4) is 0 Å². The monoisotopic (exact) mass is 249 g/mol. The molecular formula is C9H15NO5S. The number of nitrogens with zero attached hydrogens (tertiary/aromatic N) is 1. The molecule has 1 saturated heterocycles. The van der Waals surface area contributed by atoms with Crippen molar-refractivity contribution in [3.05, 3.63) is 12.7 Å². The molecule has 0 bridgehead atoms. The highest BCUT2D eigenvalue weighted by molar-refractivity contribution is 7.85. The summed E-state index contributed by atoms with van der Waals surface area (Å²) in [7, 11) is -4.03. The third kappa shape index (κ3) is 2.73. The van der Waals surface area contributed by atoms with Crippen LogP contribution >= 0.6 is 0 Å². The molecule has 92 valence electrons. The van der Waals surface area contributed by atoms with Gasteiger partial charge in [-0.3, -0.25) is 4.18 Å². The molecule has 1 amide bonds. The molecule has 0 radical (unpaired) electrons. The Morgan fingerprint density at radius 3 is 2.56 bits per heavy atom. The third-order valence-corrected chi connectivity index (χ3v) is 3.11. The van der Waals surface area contributed by atoms with E-state index < -0.39 is 28.0 Å². The van der Waals surface area contributed by atoms with E-state index in [4.69, 9.17) is 4.74 Å². The van der Waals surface area contributed by atoms with Crippen molar-refractivity contribution in [2.24, 2.45) is 0 Å². The average molecular weight is 249 g/mol. The van der Waals surface area contributed by atoms with Crippen LogP contribution in [0.1, 0.15) is 20.8 Å². The Bertz CT molecular complexity index is 395. The molecule has 0 N–H and O–H groups in total. The van der Waals surface area contributed by atoms with Crippen LogP contribution in [0, 0.1) is 0 Å². The van der Waals surface area contributed by atoms with Crippen molar-refractivity contribution in [2.45, 2.75) is 32.4 Å². The Kier molecular flexibility index (Phi) is 3.30. The predicted molar refractivity (Wildman–Crippen MR) is 56.9 cm³/mol. The molecule has 1 heterocycles. The summed E-state index contributed by atoms with van der Waals surface area (Å²) >= 11 is 0. The maximum absolute atomic E-state index is 11.6. The molecule has 1 fully saturated rings. The zero-order chi connectivity index (χ0) is 12.6. The van der Waals surface area contributed by atoms with Crippen LogP contribution in [0.25, 0.3) is 0 Å². The lowest BCUT2D eigenvalue weighted by molar-refractivity contribution is 0.0378. The van der Waals surface area contributed by atoms with Gasteiger partial charge in [-0.05, 0) is 20.8 Å². The first kappa shape index (κ1) is 13.0. The largest absolute Gasteiger partial charge is 0.443 e. The Morgan fingerprint density at radius 1 is 1.56 bits per heavy atom. The van der Waals surface area contributed by atoms with Crippen LogP contribution < -0.4 is 0 Å². The molecule has 0 saturated carbocycles. The van der Waals surface area contributed by atoms with E-state index in [0.717, 1.165) is 0 Å². The van der Waals surface area contributed by atoms with Crippen LogP contribution in [0.4, 0.5) is 4.79 Å². The first-order valence-corrected chi connectivity index (χ1v) is 6.08. The minimum atomic E-state index is -4.03. The van der Waals surface area contributed by atoms with E-state index in [0.29, 0.717) is 4.31 Å². The van der Waals surface area contributed by atoms with Crippen LogP contribution in [0.15, 0.2) is 12.7 Å². The SMILES string of the molecule is C=C[C@@H]1COS(=O)(=O)N1C(=O)OC(C)(C)C. The second-order valence-corrected chi connectivity index (χ2v) is 5.81. The predicted octanol–water partition coefficient (Wildman–Crippen LogP) is 1.05. The fourth-order valence-electron chi connectivity index (χ4n) is 1.14. The highest BCUT2D eigenvalue weighted by Crippen LogP contribution is 2.22. The van der Waals surface area contributed by atoms with E-state index in [-0.39, 0.29) is 6.61 Å². The number of carbonyl (C=O) groups is 1. The fourth-order valence-corrected chi connectivity index (χ4v) is 2.27. The van der Waals surface area contributed by atoms with Gasteiger partial charge in [0.2, 0.25) is 0 Å². The Balaban J connectivity index is 2.92. The van der Waals surface area contributed by atoms with Crippen molar-refractivity contribution in [2.75, 3.05) is 6.61 Å². The molecule has 0 aromatic carbocycles. The van der Waals surface area contributed by atoms with E-state index in [1.54, 1.807) is 20.8 Å². The van der Waals surface area contributed by atoms with Gasteiger partial charge in [0.15, 0.2) is 0 Å². The molecule has 1 aliphatic rings. The number of ether oxygens (including phenoxy) is 1. The first-order valence-electron chi connectivity index (χ1n) is 4.72. The molecule has 0 aromatic rings. The molecular weight excluding hydrogens is 234 g/mol. The second-order valence-electron chi connectivity index (χ2n) is 4.32. The molecule has 0 aromatic heterocycles. The molecule has 1 aliphatic heterocycles. The van der Waals surface area contributed by atoms with Crippen LogP contribution in [-0.4, -0.2) is 37.1 Å². The first-order chi connectivity index (χ1) is 7.17. The van der Waals surface area contributed by atoms with E-state index in [1.165, 1.54) is 6.08 Å². The Labute approximate surface area is 95.1 Å². The van der Waals surface area contributed by atoms with Gasteiger partial charge in [0.25, 0.3) is 0 Å². The van der Waals surface area contributed by atoms with Gasteiger partial charge in [0.1, 0.15) is 5.60 Å². The van der Waals surface area contributed by atoms with Gasteiger partial charge in [-0.25, -0.2) is 4.79 Å². The summed E-state index contributed by atoms with van der Waals surface area (Å²) < 4.78 is 32.9. The molecule has 0 aliphatic carbocycles. The summed E-state index contributed by atoms with van der Waals surface area (Å²) in [5.41, 5.74) is -0.763. The minimum absolute atomic E-state index is 0.120. The summed E-state index contributed by atoms with van der Waals surface area (Å²) in [6.45, 7) is 8.27. The molecule has 1 rings (SSSR count). The highest BCUT2D eigenvalue weighted by Gasteiger charge is 2.43. The van der Waals surface area contributed by atoms with Gasteiger partial charge in [0.05, 0.1) is 12.6 Å². The zero-order valence-corrected chi connectivity index (χ0v) is 10.3. The van der Waals surface area contributed by atoms with Gasteiger partial charge in [-0.2, -0.15) is 12.7 Å². The quantitative estimate of drug-likeness (QED) is 0.649. The Hall–Kier alpha value is -1.08. The molecule has 6 nitrogen and oxygen atoms in total. The Morgan fingerprint density at radius 2 is 2.12 bits per heavy atom. The van der Waals surface area contributed by atoms with Gasteiger partial charge in [-0.1, -0.05) is 6.08 Å². The lowest BCUT2D eigenvalue weighted by Crippen LogP contribution is -2.41. The summed E-state index contributed by atoms with van der Waals surface area (Å²) in [5.74, 6) is 0. The lowest BCUT2D eigenvalue weighted by Gasteiger charge is -2.24. The van der Waals surface area contributed by atoms with Crippen LogP contribution in [-0.2, 0) is 19.2 Å². The highest BCUT2D eigenvalue weighted by atomic mass is 32.2. The fraction of sp³-hybridized carbons (Fsp3) is 0.667. The zero-order valence-electron chi connectivity index (χ0n) is 9.47. The second kappa shape index (κ2) is 4.06. The van der Waals surface area contributed by atoms with E-state index >= 15 is 0 Å². The van der Waals surface area contributed by atoms with E-state index in [1.807, 2.05) is 0 Å². The number of hydrogen-bond acceptors (Lipinski definition) is 5. The minimum Gasteiger partial charge on any atom is -0.443 e. The standard InChI is InChI=1S/C9H15NO5S/c1-5-7-6-14-16(12,13)10(7)8(11)15-9(2,3)4/h5,7H,1,6H2,2-4H3/t7-/m1/s1. The summed E-state index contributed by atoms with van der Waals surface area (Å²) in [4.78, 5) is 11.6. The third-order valence-electron chi connectivity index (χ3n) is 1.78. The number of amides is 1. The average Bonchev–Trinajstić information content (AvgIpc) is 2.37. The lowest BCUT2D eigenvalue weighted by atomic mass is 10.2. The smallest absolute Gasteiger partial charge is 0.426 e. The summed E-state index contributed by atoms with van der Waals surface area (Å²) in [5, 5.41) is 0. The van der Waals surface area contributed by atoms with Crippen molar-refractivity contribution in [1.29, 1.82) is 0 Å². The number of carbonyl (C=O) groups excluding carboxylic acids is 1. The van der Waals surface area contributed by atoms with Crippen molar-refractivity contribution in [3.63, 3.8) is 0 Å². The maximum atomic E-state index is 11.6.